The number of aromatic nitrogens is 1. The summed E-state index contributed by atoms with van der Waals surface area (Å²) in [7, 11) is -3.28. The third-order valence-corrected chi connectivity index (χ3v) is 6.89. The molecule has 1 aromatic rings. The molecule has 1 unspecified atom stereocenters. The standard InChI is InChI=1S/C12H15BrN2O3S2/c1-2-20(17,18)11-8-19-6-5-15(11)12(16)9-3-4-10(13)14-7-9/h3-4,7,11H,2,5-6,8H2,1H3. The number of hydrogen-bond acceptors (Lipinski definition) is 5. The summed E-state index contributed by atoms with van der Waals surface area (Å²) >= 11 is 4.78. The smallest absolute Gasteiger partial charge is 0.256 e. The number of sulfone groups is 1. The highest BCUT2D eigenvalue weighted by Crippen LogP contribution is 2.23. The lowest BCUT2D eigenvalue weighted by molar-refractivity contribution is 0.0749. The second-order valence-corrected chi connectivity index (χ2v) is 8.76. The van der Waals surface area contributed by atoms with Crippen molar-refractivity contribution >= 4 is 43.4 Å². The summed E-state index contributed by atoms with van der Waals surface area (Å²) in [4.78, 5) is 18.0. The molecule has 1 aromatic heterocycles. The Bertz CT molecular complexity index is 589. The SMILES string of the molecule is CCS(=O)(=O)C1CSCCN1C(=O)c1ccc(Br)nc1. The normalized spacial score (nSPS) is 19.9. The van der Waals surface area contributed by atoms with Crippen molar-refractivity contribution in [3.63, 3.8) is 0 Å². The predicted molar refractivity (Wildman–Crippen MR) is 83.5 cm³/mol. The molecule has 2 rings (SSSR count). The first-order valence-corrected chi connectivity index (χ1v) is 9.84. The van der Waals surface area contributed by atoms with E-state index in [0.717, 1.165) is 5.75 Å². The molecule has 0 bridgehead atoms. The van der Waals surface area contributed by atoms with Gasteiger partial charge in [-0.3, -0.25) is 4.79 Å². The molecule has 2 heterocycles. The average molecular weight is 379 g/mol. The third-order valence-electron chi connectivity index (χ3n) is 3.14. The van der Waals surface area contributed by atoms with Crippen LogP contribution in [0.4, 0.5) is 0 Å². The molecular formula is C12H15BrN2O3S2. The van der Waals surface area contributed by atoms with E-state index in [9.17, 15) is 13.2 Å². The highest BCUT2D eigenvalue weighted by atomic mass is 79.9. The summed E-state index contributed by atoms with van der Waals surface area (Å²) in [5.74, 6) is 0.963. The van der Waals surface area contributed by atoms with Gasteiger partial charge in [0.2, 0.25) is 0 Å². The zero-order valence-electron chi connectivity index (χ0n) is 11.0. The van der Waals surface area contributed by atoms with Crippen molar-refractivity contribution < 1.29 is 13.2 Å². The molecule has 1 aliphatic rings. The molecule has 1 fully saturated rings. The van der Waals surface area contributed by atoms with E-state index in [4.69, 9.17) is 0 Å². The van der Waals surface area contributed by atoms with Gasteiger partial charge in [0, 0.05) is 30.0 Å². The van der Waals surface area contributed by atoms with Crippen molar-refractivity contribution in [1.82, 2.24) is 9.88 Å². The molecule has 1 atom stereocenters. The van der Waals surface area contributed by atoms with Crippen molar-refractivity contribution in [2.24, 2.45) is 0 Å². The van der Waals surface area contributed by atoms with Crippen molar-refractivity contribution in [2.45, 2.75) is 12.3 Å². The van der Waals surface area contributed by atoms with Crippen LogP contribution < -0.4 is 0 Å². The van der Waals surface area contributed by atoms with E-state index in [-0.39, 0.29) is 11.7 Å². The van der Waals surface area contributed by atoms with E-state index in [1.807, 2.05) is 0 Å². The van der Waals surface area contributed by atoms with E-state index >= 15 is 0 Å². The van der Waals surface area contributed by atoms with Crippen LogP contribution in [0.3, 0.4) is 0 Å². The summed E-state index contributed by atoms with van der Waals surface area (Å²) in [5, 5.41) is -0.734. The van der Waals surface area contributed by atoms with E-state index in [1.165, 1.54) is 11.1 Å². The monoisotopic (exact) mass is 378 g/mol. The van der Waals surface area contributed by atoms with Crippen LogP contribution in [0.25, 0.3) is 0 Å². The van der Waals surface area contributed by atoms with Gasteiger partial charge >= 0.3 is 0 Å². The van der Waals surface area contributed by atoms with Crippen LogP contribution in [0.15, 0.2) is 22.9 Å². The maximum Gasteiger partial charge on any atom is 0.256 e. The van der Waals surface area contributed by atoms with Crippen LogP contribution in [0, 0.1) is 0 Å². The van der Waals surface area contributed by atoms with Crippen molar-refractivity contribution in [3.8, 4) is 0 Å². The van der Waals surface area contributed by atoms with Gasteiger partial charge in [0.1, 0.15) is 9.98 Å². The van der Waals surface area contributed by atoms with Crippen LogP contribution >= 0.6 is 27.7 Å². The highest BCUT2D eigenvalue weighted by molar-refractivity contribution is 9.10. The number of amides is 1. The first kappa shape index (κ1) is 15.8. The Hall–Kier alpha value is -0.600. The van der Waals surface area contributed by atoms with Crippen molar-refractivity contribution in [2.75, 3.05) is 23.8 Å². The van der Waals surface area contributed by atoms with Gasteiger partial charge in [-0.25, -0.2) is 13.4 Å². The molecule has 1 amide bonds. The fourth-order valence-electron chi connectivity index (χ4n) is 1.97. The molecular weight excluding hydrogens is 364 g/mol. The third kappa shape index (κ3) is 3.35. The molecule has 0 spiro atoms. The van der Waals surface area contributed by atoms with E-state index in [1.54, 1.807) is 30.8 Å². The fraction of sp³-hybridized carbons (Fsp3) is 0.500. The van der Waals surface area contributed by atoms with Gasteiger partial charge in [-0.15, -0.1) is 0 Å². The molecule has 1 saturated heterocycles. The van der Waals surface area contributed by atoms with Crippen LogP contribution in [0.1, 0.15) is 17.3 Å². The molecule has 0 saturated carbocycles. The minimum absolute atomic E-state index is 0.0423. The number of pyridine rings is 1. The Morgan fingerprint density at radius 2 is 2.30 bits per heavy atom. The fourth-order valence-corrected chi connectivity index (χ4v) is 5.17. The molecule has 0 N–H and O–H groups in total. The Morgan fingerprint density at radius 3 is 2.90 bits per heavy atom. The van der Waals surface area contributed by atoms with Crippen LogP contribution in [0.2, 0.25) is 0 Å². The molecule has 20 heavy (non-hydrogen) atoms. The zero-order chi connectivity index (χ0) is 14.8. The maximum absolute atomic E-state index is 12.5. The molecule has 110 valence electrons. The quantitative estimate of drug-likeness (QED) is 0.750. The second kappa shape index (κ2) is 6.44. The molecule has 0 radical (unpaired) electrons. The Labute approximate surface area is 131 Å². The predicted octanol–water partition coefficient (Wildman–Crippen LogP) is 1.79. The summed E-state index contributed by atoms with van der Waals surface area (Å²) < 4.78 is 24.9. The minimum Gasteiger partial charge on any atom is -0.320 e. The number of rotatable bonds is 3. The summed E-state index contributed by atoms with van der Waals surface area (Å²) in [5.41, 5.74) is 0.413. The van der Waals surface area contributed by atoms with Gasteiger partial charge in [0.25, 0.3) is 5.91 Å². The summed E-state index contributed by atoms with van der Waals surface area (Å²) in [6.45, 7) is 2.06. The Balaban J connectivity index is 2.28. The maximum atomic E-state index is 12.5. The van der Waals surface area contributed by atoms with Gasteiger partial charge in [-0.1, -0.05) is 6.92 Å². The van der Waals surface area contributed by atoms with Gasteiger partial charge in [0.05, 0.1) is 5.56 Å². The minimum atomic E-state index is -3.28. The molecule has 0 aromatic carbocycles. The average Bonchev–Trinajstić information content (AvgIpc) is 2.47. The van der Waals surface area contributed by atoms with Gasteiger partial charge in [-0.2, -0.15) is 11.8 Å². The van der Waals surface area contributed by atoms with Crippen LogP contribution in [0.5, 0.6) is 0 Å². The van der Waals surface area contributed by atoms with E-state index < -0.39 is 15.2 Å². The van der Waals surface area contributed by atoms with Crippen molar-refractivity contribution in [3.05, 3.63) is 28.5 Å². The number of halogens is 1. The van der Waals surface area contributed by atoms with E-state index in [2.05, 4.69) is 20.9 Å². The van der Waals surface area contributed by atoms with Gasteiger partial charge < -0.3 is 4.90 Å². The molecule has 0 aliphatic carbocycles. The van der Waals surface area contributed by atoms with Crippen LogP contribution in [-0.2, 0) is 9.84 Å². The Morgan fingerprint density at radius 1 is 1.55 bits per heavy atom. The lowest BCUT2D eigenvalue weighted by Crippen LogP contribution is -2.50. The zero-order valence-corrected chi connectivity index (χ0v) is 14.2. The number of hydrogen-bond donors (Lipinski definition) is 0. The molecule has 1 aliphatic heterocycles. The van der Waals surface area contributed by atoms with Crippen molar-refractivity contribution in [1.29, 1.82) is 0 Å². The summed E-state index contributed by atoms with van der Waals surface area (Å²) in [6, 6.07) is 3.33. The largest absolute Gasteiger partial charge is 0.320 e. The second-order valence-electron chi connectivity index (χ2n) is 4.35. The number of carbonyl (C=O) groups excluding carboxylic acids is 1. The lowest BCUT2D eigenvalue weighted by atomic mass is 10.2. The molecule has 5 nitrogen and oxygen atoms in total. The van der Waals surface area contributed by atoms with E-state index in [0.29, 0.717) is 22.5 Å². The Kier molecular flexibility index (Phi) is 5.09. The topological polar surface area (TPSA) is 67.3 Å². The highest BCUT2D eigenvalue weighted by Gasteiger charge is 2.36. The van der Waals surface area contributed by atoms with Gasteiger partial charge in [0.15, 0.2) is 9.84 Å². The summed E-state index contributed by atoms with van der Waals surface area (Å²) in [6.07, 6.45) is 1.46. The first-order valence-electron chi connectivity index (χ1n) is 6.17. The number of nitrogens with zero attached hydrogens (tertiary/aromatic N) is 2. The lowest BCUT2D eigenvalue weighted by Gasteiger charge is -2.34. The first-order chi connectivity index (χ1) is 9.45. The van der Waals surface area contributed by atoms with Crippen LogP contribution in [-0.4, -0.2) is 53.4 Å². The van der Waals surface area contributed by atoms with Gasteiger partial charge in [-0.05, 0) is 28.1 Å². The number of carbonyl (C=O) groups is 1. The molecule has 8 heteroatoms. The number of thioether (sulfide) groups is 1.